The lowest BCUT2D eigenvalue weighted by molar-refractivity contribution is -0.274. The number of pyridine rings is 1. The topological polar surface area (TPSA) is 96.0 Å². The molecular formula is C29H28F6N4O4S. The van der Waals surface area contributed by atoms with Crippen molar-refractivity contribution in [3.63, 3.8) is 0 Å². The summed E-state index contributed by atoms with van der Waals surface area (Å²) in [5.74, 6) is -0.892. The number of rotatable bonds is 9. The zero-order valence-corrected chi connectivity index (χ0v) is 24.5. The number of nitrogens with zero attached hydrogens (tertiary/aromatic N) is 2. The van der Waals surface area contributed by atoms with E-state index in [4.69, 9.17) is 4.74 Å². The molecule has 0 spiro atoms. The molecule has 2 aromatic carbocycles. The van der Waals surface area contributed by atoms with Gasteiger partial charge in [-0.2, -0.15) is 13.2 Å². The van der Waals surface area contributed by atoms with Crippen molar-refractivity contribution in [1.82, 2.24) is 9.88 Å². The average molecular weight is 643 g/mol. The largest absolute Gasteiger partial charge is 0.573 e. The van der Waals surface area contributed by atoms with Crippen LogP contribution in [0.5, 0.6) is 11.5 Å². The van der Waals surface area contributed by atoms with Crippen LogP contribution in [0.2, 0.25) is 0 Å². The van der Waals surface area contributed by atoms with Crippen molar-refractivity contribution in [3.8, 4) is 22.8 Å². The van der Waals surface area contributed by atoms with Crippen LogP contribution in [0.25, 0.3) is 11.3 Å². The molecule has 8 nitrogen and oxygen atoms in total. The van der Waals surface area contributed by atoms with Crippen molar-refractivity contribution in [2.75, 3.05) is 26.0 Å². The number of H-pyrrole nitrogens is 1. The van der Waals surface area contributed by atoms with Gasteiger partial charge in [-0.3, -0.25) is 14.6 Å². The van der Waals surface area contributed by atoms with E-state index in [0.29, 0.717) is 27.7 Å². The number of amides is 1. The number of thioether (sulfide) groups is 1. The molecule has 1 aliphatic rings. The van der Waals surface area contributed by atoms with Crippen molar-refractivity contribution >= 4 is 28.5 Å². The number of aliphatic imine (C=N–C) groups is 1. The summed E-state index contributed by atoms with van der Waals surface area (Å²) in [5.41, 5.74) is 0.581. The van der Waals surface area contributed by atoms with E-state index in [-0.39, 0.29) is 30.3 Å². The highest BCUT2D eigenvalue weighted by Crippen LogP contribution is 2.42. The maximum absolute atomic E-state index is 13.4. The van der Waals surface area contributed by atoms with Crippen LogP contribution >= 0.6 is 11.8 Å². The molecule has 1 aliphatic heterocycles. The Morgan fingerprint density at radius 2 is 1.66 bits per heavy atom. The Morgan fingerprint density at radius 1 is 1.02 bits per heavy atom. The monoisotopic (exact) mass is 642 g/mol. The number of hydrogen-bond acceptors (Lipinski definition) is 7. The number of aromatic nitrogens is 1. The van der Waals surface area contributed by atoms with Crippen LogP contribution in [0.4, 0.5) is 32.0 Å². The molecule has 2 N–H and O–H groups in total. The van der Waals surface area contributed by atoms with E-state index >= 15 is 0 Å². The van der Waals surface area contributed by atoms with Gasteiger partial charge in [-0.25, -0.2) is 0 Å². The number of amidine groups is 1. The van der Waals surface area contributed by atoms with Crippen LogP contribution in [0.1, 0.15) is 40.9 Å². The Hall–Kier alpha value is -4.14. The highest BCUT2D eigenvalue weighted by Gasteiger charge is 2.34. The number of carbonyl (C=O) groups excluding carboxylic acids is 1. The molecule has 2 unspecified atom stereocenters. The van der Waals surface area contributed by atoms with Gasteiger partial charge in [0.15, 0.2) is 5.17 Å². The predicted octanol–water partition coefficient (Wildman–Crippen LogP) is 7.01. The SMILES string of the molecule is CC1N=C(N(C)C)SC1c1cc(-c2ccc(OCCCC(F)(F)F)cc2)[nH]c(=O)c1C(=O)Nc1ccc(OC(F)(F)F)cc1. The van der Waals surface area contributed by atoms with E-state index in [1.807, 2.05) is 25.9 Å². The van der Waals surface area contributed by atoms with Gasteiger partial charge in [0.25, 0.3) is 11.5 Å². The molecule has 4 rings (SSSR count). The molecule has 0 bridgehead atoms. The Balaban J connectivity index is 1.61. The highest BCUT2D eigenvalue weighted by atomic mass is 32.2. The molecule has 0 saturated heterocycles. The maximum atomic E-state index is 13.4. The minimum Gasteiger partial charge on any atom is -0.494 e. The molecule has 2 atom stereocenters. The van der Waals surface area contributed by atoms with Crippen molar-refractivity contribution in [1.29, 1.82) is 0 Å². The summed E-state index contributed by atoms with van der Waals surface area (Å²) in [5, 5.41) is 2.84. The molecular weight excluding hydrogens is 614 g/mol. The van der Waals surface area contributed by atoms with Gasteiger partial charge in [-0.15, -0.1) is 13.2 Å². The third-order valence-corrected chi connectivity index (χ3v) is 7.93. The number of alkyl halides is 6. The Bertz CT molecular complexity index is 1550. The highest BCUT2D eigenvalue weighted by molar-refractivity contribution is 8.14. The van der Waals surface area contributed by atoms with Gasteiger partial charge < -0.3 is 24.7 Å². The molecule has 0 fully saturated rings. The lowest BCUT2D eigenvalue weighted by Crippen LogP contribution is -2.28. The Labute approximate surface area is 252 Å². The van der Waals surface area contributed by atoms with Crippen molar-refractivity contribution < 1.29 is 40.6 Å². The minimum atomic E-state index is -4.87. The van der Waals surface area contributed by atoms with Gasteiger partial charge in [0.1, 0.15) is 17.1 Å². The minimum absolute atomic E-state index is 0.118. The number of halogens is 6. The van der Waals surface area contributed by atoms with E-state index in [0.717, 1.165) is 12.1 Å². The van der Waals surface area contributed by atoms with Crippen molar-refractivity contribution in [2.45, 2.75) is 43.6 Å². The quantitative estimate of drug-likeness (QED) is 0.193. The molecule has 15 heteroatoms. The number of aromatic amines is 1. The van der Waals surface area contributed by atoms with Gasteiger partial charge >= 0.3 is 12.5 Å². The molecule has 0 radical (unpaired) electrons. The molecule has 1 amide bonds. The molecule has 0 aliphatic carbocycles. The Kier molecular flexibility index (Phi) is 9.86. The standard InChI is InChI=1S/C29H28F6N4O4S/c1-16-24(44-27(36-16)39(2)3)21-15-22(17-5-9-19(10-6-17)42-14-4-13-28(30,31)32)38-26(41)23(21)25(40)37-18-7-11-20(12-8-18)43-29(33,34)35/h5-12,15-16,24H,4,13-14H2,1-3H3,(H,37,40)(H,38,41). The zero-order valence-electron chi connectivity index (χ0n) is 23.7. The van der Waals surface area contributed by atoms with Gasteiger partial charge in [-0.1, -0.05) is 11.8 Å². The number of nitrogens with one attached hydrogen (secondary N) is 2. The van der Waals surface area contributed by atoms with E-state index < -0.39 is 41.4 Å². The van der Waals surface area contributed by atoms with Crippen LogP contribution in [0, 0.1) is 0 Å². The second-order valence-corrected chi connectivity index (χ2v) is 11.2. The van der Waals surface area contributed by atoms with Gasteiger partial charge in [0.2, 0.25) is 0 Å². The lowest BCUT2D eigenvalue weighted by Gasteiger charge is -2.19. The Morgan fingerprint density at radius 3 is 2.23 bits per heavy atom. The molecule has 44 heavy (non-hydrogen) atoms. The van der Waals surface area contributed by atoms with Crippen LogP contribution < -0.4 is 20.3 Å². The van der Waals surface area contributed by atoms with Crippen LogP contribution in [0.3, 0.4) is 0 Å². The molecule has 1 aromatic heterocycles. The summed E-state index contributed by atoms with van der Waals surface area (Å²) in [7, 11) is 3.63. The summed E-state index contributed by atoms with van der Waals surface area (Å²) in [6, 6.07) is 12.2. The second kappa shape index (κ2) is 13.2. The normalized spacial score (nSPS) is 16.8. The first-order valence-corrected chi connectivity index (χ1v) is 14.1. The van der Waals surface area contributed by atoms with E-state index in [1.54, 1.807) is 30.3 Å². The van der Waals surface area contributed by atoms with Crippen LogP contribution in [-0.4, -0.2) is 60.2 Å². The van der Waals surface area contributed by atoms with Gasteiger partial charge in [0.05, 0.1) is 17.9 Å². The van der Waals surface area contributed by atoms with E-state index in [2.05, 4.69) is 20.0 Å². The molecule has 3 aromatic rings. The fourth-order valence-electron chi connectivity index (χ4n) is 4.35. The number of hydrogen-bond donors (Lipinski definition) is 2. The van der Waals surface area contributed by atoms with E-state index in [9.17, 15) is 35.9 Å². The van der Waals surface area contributed by atoms with Crippen LogP contribution in [-0.2, 0) is 0 Å². The lowest BCUT2D eigenvalue weighted by atomic mass is 9.98. The number of benzene rings is 2. The fraction of sp³-hybridized carbons (Fsp3) is 0.345. The number of ether oxygens (including phenoxy) is 2. The number of anilines is 1. The third kappa shape index (κ3) is 8.71. The smallest absolute Gasteiger partial charge is 0.494 e. The third-order valence-electron chi connectivity index (χ3n) is 6.35. The summed E-state index contributed by atoms with van der Waals surface area (Å²) in [6.45, 7) is 1.73. The first-order chi connectivity index (χ1) is 20.6. The molecule has 0 saturated carbocycles. The van der Waals surface area contributed by atoms with Crippen molar-refractivity contribution in [2.24, 2.45) is 4.99 Å². The van der Waals surface area contributed by atoms with E-state index in [1.165, 1.54) is 23.9 Å². The molecule has 236 valence electrons. The second-order valence-electron chi connectivity index (χ2n) is 10.0. The predicted molar refractivity (Wildman–Crippen MR) is 155 cm³/mol. The number of carbonyl (C=O) groups is 1. The van der Waals surface area contributed by atoms with Crippen LogP contribution in [0.15, 0.2) is 64.4 Å². The summed E-state index contributed by atoms with van der Waals surface area (Å²) in [4.78, 5) is 36.0. The first-order valence-electron chi connectivity index (χ1n) is 13.3. The van der Waals surface area contributed by atoms with Gasteiger partial charge in [0, 0.05) is 31.9 Å². The fourth-order valence-corrected chi connectivity index (χ4v) is 5.58. The summed E-state index contributed by atoms with van der Waals surface area (Å²) < 4.78 is 83.9. The summed E-state index contributed by atoms with van der Waals surface area (Å²) >= 11 is 1.37. The molecule has 2 heterocycles. The average Bonchev–Trinajstić information content (AvgIpc) is 3.32. The van der Waals surface area contributed by atoms with Gasteiger partial charge in [-0.05, 0) is 79.1 Å². The zero-order chi connectivity index (χ0) is 32.2. The van der Waals surface area contributed by atoms with Crippen molar-refractivity contribution in [3.05, 3.63) is 76.1 Å². The first kappa shape index (κ1) is 32.8. The maximum Gasteiger partial charge on any atom is 0.573 e. The summed E-state index contributed by atoms with van der Waals surface area (Å²) in [6.07, 6.45) is -10.3.